The molecule has 1 aromatic rings. The van der Waals surface area contributed by atoms with E-state index < -0.39 is 0 Å². The second-order valence-electron chi connectivity index (χ2n) is 4.38. The van der Waals surface area contributed by atoms with E-state index in [1.54, 1.807) is 0 Å². The van der Waals surface area contributed by atoms with Crippen LogP contribution in [0.5, 0.6) is 0 Å². The maximum atomic E-state index is 5.94. The third kappa shape index (κ3) is 3.81. The lowest BCUT2D eigenvalue weighted by Crippen LogP contribution is -2.00. The topological polar surface area (TPSA) is 0 Å². The van der Waals surface area contributed by atoms with Crippen molar-refractivity contribution in [2.45, 2.75) is 36.9 Å². The van der Waals surface area contributed by atoms with E-state index in [1.165, 1.54) is 31.2 Å². The highest BCUT2D eigenvalue weighted by molar-refractivity contribution is 9.09. The average molecular weight is 288 g/mol. The zero-order chi connectivity index (χ0) is 10.7. The summed E-state index contributed by atoms with van der Waals surface area (Å²) < 4.78 is 0. The van der Waals surface area contributed by atoms with Crippen molar-refractivity contribution in [3.8, 4) is 0 Å². The van der Waals surface area contributed by atoms with Gasteiger partial charge in [0.2, 0.25) is 0 Å². The largest absolute Gasteiger partial charge is 0.0888 e. The predicted molar refractivity (Wildman–Crippen MR) is 69.8 cm³/mol. The minimum atomic E-state index is 0.747. The Morgan fingerprint density at radius 2 is 2.20 bits per heavy atom. The first kappa shape index (κ1) is 11.5. The third-order valence-electron chi connectivity index (χ3n) is 2.97. The molecule has 2 rings (SSSR count). The lowest BCUT2D eigenvalue weighted by atomic mass is 10.1. The molecule has 1 saturated carbocycles. The van der Waals surface area contributed by atoms with Crippen LogP contribution >= 0.6 is 27.5 Å². The second kappa shape index (κ2) is 5.36. The monoisotopic (exact) mass is 286 g/mol. The minimum Gasteiger partial charge on any atom is -0.0888 e. The molecule has 15 heavy (non-hydrogen) atoms. The Morgan fingerprint density at radius 1 is 1.40 bits per heavy atom. The number of aryl methyl sites for hydroxylation is 1. The van der Waals surface area contributed by atoms with Crippen LogP contribution in [0.3, 0.4) is 0 Å². The quantitative estimate of drug-likeness (QED) is 0.680. The molecule has 1 unspecified atom stereocenters. The van der Waals surface area contributed by atoms with Crippen LogP contribution in [0.2, 0.25) is 5.02 Å². The van der Waals surface area contributed by atoms with Crippen molar-refractivity contribution in [1.82, 2.24) is 0 Å². The van der Waals surface area contributed by atoms with Gasteiger partial charge in [-0.15, -0.1) is 0 Å². The Bertz CT molecular complexity index is 320. The molecule has 1 aliphatic rings. The van der Waals surface area contributed by atoms with Crippen molar-refractivity contribution in [2.75, 3.05) is 0 Å². The van der Waals surface area contributed by atoms with Crippen molar-refractivity contribution >= 4 is 27.5 Å². The fourth-order valence-corrected chi connectivity index (χ4v) is 2.95. The first-order chi connectivity index (χ1) is 7.25. The van der Waals surface area contributed by atoms with Gasteiger partial charge in [0.05, 0.1) is 0 Å². The fourth-order valence-electron chi connectivity index (χ4n) is 1.89. The lowest BCUT2D eigenvalue weighted by molar-refractivity contribution is 0.654. The van der Waals surface area contributed by atoms with Gasteiger partial charge in [0.25, 0.3) is 0 Å². The molecular weight excluding hydrogens is 272 g/mol. The number of benzene rings is 1. The maximum Gasteiger partial charge on any atom is 0.0408 e. The summed E-state index contributed by atoms with van der Waals surface area (Å²) in [6, 6.07) is 8.20. The van der Waals surface area contributed by atoms with E-state index in [-0.39, 0.29) is 0 Å². The zero-order valence-corrected chi connectivity index (χ0v) is 11.1. The van der Waals surface area contributed by atoms with E-state index >= 15 is 0 Å². The van der Waals surface area contributed by atoms with E-state index in [4.69, 9.17) is 11.6 Å². The van der Waals surface area contributed by atoms with Crippen LogP contribution in [0.15, 0.2) is 24.3 Å². The van der Waals surface area contributed by atoms with Crippen molar-refractivity contribution < 1.29 is 0 Å². The molecule has 0 spiro atoms. The normalized spacial score (nSPS) is 17.7. The first-order valence-corrected chi connectivity index (χ1v) is 6.93. The molecule has 2 heteroatoms. The summed E-state index contributed by atoms with van der Waals surface area (Å²) in [4.78, 5) is 0.747. The third-order valence-corrected chi connectivity index (χ3v) is 4.41. The highest BCUT2D eigenvalue weighted by atomic mass is 79.9. The highest BCUT2D eigenvalue weighted by Gasteiger charge is 2.28. The van der Waals surface area contributed by atoms with Crippen LogP contribution in [-0.2, 0) is 6.42 Å². The molecule has 0 saturated heterocycles. The van der Waals surface area contributed by atoms with Crippen molar-refractivity contribution in [1.29, 1.82) is 0 Å². The van der Waals surface area contributed by atoms with E-state index in [1.807, 2.05) is 12.1 Å². The number of hydrogen-bond acceptors (Lipinski definition) is 0. The van der Waals surface area contributed by atoms with Gasteiger partial charge in [-0.3, -0.25) is 0 Å². The first-order valence-electron chi connectivity index (χ1n) is 5.64. The van der Waals surface area contributed by atoms with E-state index in [9.17, 15) is 0 Å². The zero-order valence-electron chi connectivity index (χ0n) is 8.76. The molecular formula is C13H16BrCl. The summed E-state index contributed by atoms with van der Waals surface area (Å²) in [5.74, 6) is 0.962. The van der Waals surface area contributed by atoms with Crippen LogP contribution in [-0.4, -0.2) is 4.83 Å². The Kier molecular flexibility index (Phi) is 4.10. The van der Waals surface area contributed by atoms with Crippen molar-refractivity contribution in [3.05, 3.63) is 34.9 Å². The Morgan fingerprint density at radius 3 is 2.87 bits per heavy atom. The number of halogens is 2. The molecule has 1 aromatic carbocycles. The molecule has 0 N–H and O–H groups in total. The molecule has 0 aromatic heterocycles. The molecule has 0 amide bonds. The van der Waals surface area contributed by atoms with Crippen LogP contribution in [0.1, 0.15) is 31.2 Å². The summed E-state index contributed by atoms with van der Waals surface area (Å²) in [6.45, 7) is 0. The van der Waals surface area contributed by atoms with E-state index in [0.29, 0.717) is 0 Å². The van der Waals surface area contributed by atoms with Gasteiger partial charge >= 0.3 is 0 Å². The second-order valence-corrected chi connectivity index (χ2v) is 5.99. The summed E-state index contributed by atoms with van der Waals surface area (Å²) in [5, 5.41) is 0.852. The van der Waals surface area contributed by atoms with Crippen LogP contribution < -0.4 is 0 Å². The van der Waals surface area contributed by atoms with Gasteiger partial charge in [-0.2, -0.15) is 0 Å². The Labute approximate surface area is 105 Å². The summed E-state index contributed by atoms with van der Waals surface area (Å²) in [6.07, 6.45) is 6.54. The molecule has 1 atom stereocenters. The molecule has 82 valence electrons. The maximum absolute atomic E-state index is 5.94. The van der Waals surface area contributed by atoms with Gasteiger partial charge in [0, 0.05) is 9.85 Å². The predicted octanol–water partition coefficient (Wildman–Crippen LogP) is 4.84. The van der Waals surface area contributed by atoms with E-state index in [2.05, 4.69) is 28.1 Å². The van der Waals surface area contributed by atoms with Gasteiger partial charge < -0.3 is 0 Å². The Balaban J connectivity index is 1.73. The molecule has 1 aliphatic carbocycles. The minimum absolute atomic E-state index is 0.747. The molecule has 0 nitrogen and oxygen atoms in total. The summed E-state index contributed by atoms with van der Waals surface area (Å²) >= 11 is 9.70. The van der Waals surface area contributed by atoms with Gasteiger partial charge in [-0.25, -0.2) is 0 Å². The number of hydrogen-bond donors (Lipinski definition) is 0. The SMILES string of the molecule is Clc1cccc(CCCC(Br)C2CC2)c1. The Hall–Kier alpha value is -0.0100. The highest BCUT2D eigenvalue weighted by Crippen LogP contribution is 2.38. The standard InChI is InChI=1S/C13H16BrCl/c14-13(11-7-8-11)6-2-4-10-3-1-5-12(15)9-10/h1,3,5,9,11,13H,2,4,6-8H2. The van der Waals surface area contributed by atoms with Crippen molar-refractivity contribution in [3.63, 3.8) is 0 Å². The fraction of sp³-hybridized carbons (Fsp3) is 0.538. The smallest absolute Gasteiger partial charge is 0.0408 e. The van der Waals surface area contributed by atoms with Gasteiger partial charge in [-0.1, -0.05) is 39.7 Å². The van der Waals surface area contributed by atoms with E-state index in [0.717, 1.165) is 22.2 Å². The molecule has 0 bridgehead atoms. The summed E-state index contributed by atoms with van der Waals surface area (Å²) in [5.41, 5.74) is 1.36. The number of rotatable bonds is 5. The molecule has 1 fully saturated rings. The van der Waals surface area contributed by atoms with Crippen LogP contribution in [0.25, 0.3) is 0 Å². The van der Waals surface area contributed by atoms with Crippen molar-refractivity contribution in [2.24, 2.45) is 5.92 Å². The lowest BCUT2D eigenvalue weighted by Gasteiger charge is -2.07. The molecule has 0 radical (unpaired) electrons. The number of alkyl halides is 1. The molecule has 0 heterocycles. The van der Waals surface area contributed by atoms with Gasteiger partial charge in [0.1, 0.15) is 0 Å². The van der Waals surface area contributed by atoms with Crippen LogP contribution in [0, 0.1) is 5.92 Å². The van der Waals surface area contributed by atoms with Gasteiger partial charge in [0.15, 0.2) is 0 Å². The van der Waals surface area contributed by atoms with Crippen LogP contribution in [0.4, 0.5) is 0 Å². The molecule has 0 aliphatic heterocycles. The van der Waals surface area contributed by atoms with Gasteiger partial charge in [-0.05, 0) is 55.7 Å². The summed E-state index contributed by atoms with van der Waals surface area (Å²) in [7, 11) is 0. The average Bonchev–Trinajstić information content (AvgIpc) is 3.00.